The molecule has 0 aromatic heterocycles. The van der Waals surface area contributed by atoms with Gasteiger partial charge in [-0.05, 0) is 26.2 Å². The minimum absolute atomic E-state index is 0.0611. The lowest BCUT2D eigenvalue weighted by molar-refractivity contribution is -0.149. The van der Waals surface area contributed by atoms with Gasteiger partial charge in [-0.3, -0.25) is 0 Å². The average molecular weight is 320 g/mol. The molecule has 21 heavy (non-hydrogen) atoms. The molecule has 2 saturated heterocycles. The first-order chi connectivity index (χ1) is 9.69. The van der Waals surface area contributed by atoms with Crippen molar-refractivity contribution in [2.45, 2.75) is 43.9 Å². The number of carboxylic acid groups (broad SMARTS) is 1. The van der Waals surface area contributed by atoms with Crippen molar-refractivity contribution in [3.8, 4) is 0 Å². The maximum absolute atomic E-state index is 11.8. The molecular formula is C12H20N2O6S. The Morgan fingerprint density at radius 1 is 1.38 bits per heavy atom. The molecule has 2 amide bonds. The molecule has 120 valence electrons. The first-order valence-electron chi connectivity index (χ1n) is 6.84. The molecule has 0 saturated carbocycles. The summed E-state index contributed by atoms with van der Waals surface area (Å²) in [6, 6.07) is -0.461. The second-order valence-corrected chi connectivity index (χ2v) is 8.08. The molecule has 3 N–H and O–H groups in total. The number of hydrogen-bond acceptors (Lipinski definition) is 5. The van der Waals surface area contributed by atoms with Crippen LogP contribution >= 0.6 is 0 Å². The van der Waals surface area contributed by atoms with E-state index in [9.17, 15) is 18.0 Å². The monoisotopic (exact) mass is 320 g/mol. The number of aliphatic carboxylic acids is 1. The smallest absolute Gasteiger partial charge is 0.332 e. The van der Waals surface area contributed by atoms with Crippen LogP contribution in [-0.2, 0) is 19.4 Å². The number of ether oxygens (including phenoxy) is 1. The van der Waals surface area contributed by atoms with Gasteiger partial charge in [0.1, 0.15) is 0 Å². The Balaban J connectivity index is 1.75. The summed E-state index contributed by atoms with van der Waals surface area (Å²) in [5, 5.41) is 14.1. The molecule has 0 aliphatic carbocycles. The van der Waals surface area contributed by atoms with E-state index in [0.29, 0.717) is 19.3 Å². The molecule has 2 aliphatic heterocycles. The Kier molecular flexibility index (Phi) is 4.43. The average Bonchev–Trinajstić information content (AvgIpc) is 2.91. The summed E-state index contributed by atoms with van der Waals surface area (Å²) in [6.45, 7) is 1.90. The zero-order valence-electron chi connectivity index (χ0n) is 11.8. The highest BCUT2D eigenvalue weighted by atomic mass is 32.2. The molecule has 0 aromatic rings. The standard InChI is InChI=1S/C12H20N2O6S/c1-12(4-5-21(18,19)7-12)14-11(17)13-6-8-2-3-9(20-8)10(15)16/h8-9H,2-7H2,1H3,(H,15,16)(H2,13,14,17). The molecule has 2 rings (SSSR count). The van der Waals surface area contributed by atoms with Crippen LogP contribution in [0.5, 0.6) is 0 Å². The summed E-state index contributed by atoms with van der Waals surface area (Å²) in [5.41, 5.74) is -0.747. The minimum Gasteiger partial charge on any atom is -0.479 e. The fourth-order valence-electron chi connectivity index (χ4n) is 2.67. The summed E-state index contributed by atoms with van der Waals surface area (Å²) in [7, 11) is -3.08. The van der Waals surface area contributed by atoms with E-state index in [0.717, 1.165) is 0 Å². The topological polar surface area (TPSA) is 122 Å². The van der Waals surface area contributed by atoms with Crippen molar-refractivity contribution in [2.24, 2.45) is 0 Å². The number of rotatable bonds is 4. The van der Waals surface area contributed by atoms with Gasteiger partial charge < -0.3 is 20.5 Å². The van der Waals surface area contributed by atoms with E-state index in [2.05, 4.69) is 10.6 Å². The lowest BCUT2D eigenvalue weighted by atomic mass is 10.0. The zero-order chi connectivity index (χ0) is 15.7. The maximum Gasteiger partial charge on any atom is 0.332 e. The second kappa shape index (κ2) is 5.80. The Bertz CT molecular complexity index is 534. The molecular weight excluding hydrogens is 300 g/mol. The molecule has 2 heterocycles. The van der Waals surface area contributed by atoms with Gasteiger partial charge in [0.05, 0.1) is 23.1 Å². The van der Waals surface area contributed by atoms with Crippen LogP contribution in [0, 0.1) is 0 Å². The minimum atomic E-state index is -3.08. The maximum atomic E-state index is 11.8. The van der Waals surface area contributed by atoms with E-state index in [1.165, 1.54) is 0 Å². The van der Waals surface area contributed by atoms with Crippen molar-refractivity contribution >= 4 is 21.8 Å². The van der Waals surface area contributed by atoms with Crippen molar-refractivity contribution in [3.05, 3.63) is 0 Å². The quantitative estimate of drug-likeness (QED) is 0.641. The Morgan fingerprint density at radius 3 is 2.62 bits per heavy atom. The van der Waals surface area contributed by atoms with Crippen molar-refractivity contribution in [2.75, 3.05) is 18.1 Å². The predicted molar refractivity (Wildman–Crippen MR) is 73.7 cm³/mol. The lowest BCUT2D eigenvalue weighted by Gasteiger charge is -2.24. The van der Waals surface area contributed by atoms with Gasteiger partial charge in [0.2, 0.25) is 0 Å². The molecule has 3 unspecified atom stereocenters. The van der Waals surface area contributed by atoms with Gasteiger partial charge in [-0.25, -0.2) is 18.0 Å². The number of nitrogens with one attached hydrogen (secondary N) is 2. The van der Waals surface area contributed by atoms with Crippen LogP contribution in [0.25, 0.3) is 0 Å². The van der Waals surface area contributed by atoms with E-state index < -0.39 is 33.5 Å². The first-order valence-corrected chi connectivity index (χ1v) is 8.66. The Hall–Kier alpha value is -1.35. The summed E-state index contributed by atoms with van der Waals surface area (Å²) in [4.78, 5) is 22.5. The molecule has 0 spiro atoms. The fraction of sp³-hybridized carbons (Fsp3) is 0.833. The van der Waals surface area contributed by atoms with Crippen LogP contribution in [0.15, 0.2) is 0 Å². The molecule has 0 radical (unpaired) electrons. The van der Waals surface area contributed by atoms with E-state index in [1.54, 1.807) is 6.92 Å². The van der Waals surface area contributed by atoms with Gasteiger partial charge in [-0.15, -0.1) is 0 Å². The van der Waals surface area contributed by atoms with Crippen LogP contribution in [0.4, 0.5) is 4.79 Å². The molecule has 2 aliphatic rings. The third kappa shape index (κ3) is 4.31. The highest BCUT2D eigenvalue weighted by Crippen LogP contribution is 2.23. The number of urea groups is 1. The summed E-state index contributed by atoms with van der Waals surface area (Å²) < 4.78 is 28.2. The third-order valence-corrected chi connectivity index (χ3v) is 5.70. The second-order valence-electron chi connectivity index (χ2n) is 5.90. The van der Waals surface area contributed by atoms with Gasteiger partial charge in [0, 0.05) is 6.54 Å². The summed E-state index contributed by atoms with van der Waals surface area (Å²) >= 11 is 0. The molecule has 0 bridgehead atoms. The molecule has 3 atom stereocenters. The van der Waals surface area contributed by atoms with Crippen LogP contribution in [0.3, 0.4) is 0 Å². The van der Waals surface area contributed by atoms with E-state index in [-0.39, 0.29) is 24.2 Å². The Labute approximate surface area is 123 Å². The number of carbonyl (C=O) groups is 2. The first kappa shape index (κ1) is 16.0. The summed E-state index contributed by atoms with van der Waals surface area (Å²) in [5.74, 6) is -0.977. The molecule has 0 aromatic carbocycles. The molecule has 2 fully saturated rings. The largest absolute Gasteiger partial charge is 0.479 e. The highest BCUT2D eigenvalue weighted by Gasteiger charge is 2.39. The van der Waals surface area contributed by atoms with E-state index in [1.807, 2.05) is 0 Å². The fourth-order valence-corrected chi connectivity index (χ4v) is 4.76. The molecule has 9 heteroatoms. The SMILES string of the molecule is CC1(NC(=O)NCC2CCC(C(=O)O)O2)CCS(=O)(=O)C1. The van der Waals surface area contributed by atoms with Crippen LogP contribution in [0.2, 0.25) is 0 Å². The predicted octanol–water partition coefficient (Wildman–Crippen LogP) is -0.505. The molecule has 8 nitrogen and oxygen atoms in total. The van der Waals surface area contributed by atoms with Gasteiger partial charge in [-0.2, -0.15) is 0 Å². The Morgan fingerprint density at radius 2 is 2.10 bits per heavy atom. The van der Waals surface area contributed by atoms with Crippen molar-refractivity contribution < 1.29 is 27.9 Å². The van der Waals surface area contributed by atoms with Crippen LogP contribution in [-0.4, -0.2) is 61.3 Å². The number of hydrogen-bond donors (Lipinski definition) is 3. The van der Waals surface area contributed by atoms with E-state index >= 15 is 0 Å². The normalized spacial score (nSPS) is 34.5. The van der Waals surface area contributed by atoms with Crippen LogP contribution in [0.1, 0.15) is 26.2 Å². The van der Waals surface area contributed by atoms with Crippen molar-refractivity contribution in [1.29, 1.82) is 0 Å². The van der Waals surface area contributed by atoms with E-state index in [4.69, 9.17) is 9.84 Å². The summed E-state index contributed by atoms with van der Waals surface area (Å²) in [6.07, 6.45) is 0.265. The van der Waals surface area contributed by atoms with Gasteiger partial charge in [-0.1, -0.05) is 0 Å². The van der Waals surface area contributed by atoms with Gasteiger partial charge in [0.15, 0.2) is 15.9 Å². The van der Waals surface area contributed by atoms with Gasteiger partial charge in [0.25, 0.3) is 0 Å². The zero-order valence-corrected chi connectivity index (χ0v) is 12.6. The third-order valence-electron chi connectivity index (χ3n) is 3.79. The van der Waals surface area contributed by atoms with Crippen LogP contribution < -0.4 is 10.6 Å². The van der Waals surface area contributed by atoms with Crippen molar-refractivity contribution in [3.63, 3.8) is 0 Å². The number of carbonyl (C=O) groups excluding carboxylic acids is 1. The lowest BCUT2D eigenvalue weighted by Crippen LogP contribution is -2.52. The van der Waals surface area contributed by atoms with Crippen molar-refractivity contribution in [1.82, 2.24) is 10.6 Å². The van der Waals surface area contributed by atoms with Gasteiger partial charge >= 0.3 is 12.0 Å². The number of sulfone groups is 1. The highest BCUT2D eigenvalue weighted by molar-refractivity contribution is 7.91. The number of amides is 2. The number of carboxylic acids is 1.